The Bertz CT molecular complexity index is 704. The van der Waals surface area contributed by atoms with Gasteiger partial charge in [0.25, 0.3) is 5.92 Å². The Balaban J connectivity index is 1.76. The molecule has 1 fully saturated rings. The molecule has 2 N–H and O–H groups in total. The predicted molar refractivity (Wildman–Crippen MR) is 73.0 cm³/mol. The van der Waals surface area contributed by atoms with Crippen molar-refractivity contribution >= 4 is 22.8 Å². The number of alkyl halides is 2. The number of hydrogen-bond donors (Lipinski definition) is 2. The van der Waals surface area contributed by atoms with E-state index in [2.05, 4.69) is 25.0 Å². The van der Waals surface area contributed by atoms with Gasteiger partial charge in [0, 0.05) is 13.0 Å². The minimum Gasteiger partial charge on any atom is -0.464 e. The zero-order chi connectivity index (χ0) is 15.7. The number of aromatic amines is 1. The summed E-state index contributed by atoms with van der Waals surface area (Å²) in [5, 5.41) is 3.53. The van der Waals surface area contributed by atoms with Gasteiger partial charge in [0.15, 0.2) is 0 Å². The largest absolute Gasteiger partial charge is 0.464 e. The number of hydrogen-bond acceptors (Lipinski definition) is 6. The molecule has 1 saturated heterocycles. The van der Waals surface area contributed by atoms with Crippen LogP contribution in [0, 0.1) is 0 Å². The number of carbonyl (C=O) groups is 1. The van der Waals surface area contributed by atoms with Crippen LogP contribution in [0.5, 0.6) is 0 Å². The third kappa shape index (κ3) is 2.84. The van der Waals surface area contributed by atoms with E-state index in [9.17, 15) is 13.6 Å². The summed E-state index contributed by atoms with van der Waals surface area (Å²) in [5.74, 6) is -2.86. The molecule has 118 valence electrons. The molecule has 9 heteroatoms. The minimum absolute atomic E-state index is 0.195. The van der Waals surface area contributed by atoms with E-state index in [-0.39, 0.29) is 18.7 Å². The molecule has 1 aliphatic rings. The standard InChI is InChI=1S/C13H14F2N4O3/c1-21-12(20)9-2-8-10(17-6-18-11(8)19-9)16-4-7-3-13(14,15)5-22-7/h2,6-7H,3-5H2,1H3,(H2,16,17,18,19). The van der Waals surface area contributed by atoms with Gasteiger partial charge in [-0.15, -0.1) is 0 Å². The van der Waals surface area contributed by atoms with Crippen LogP contribution in [-0.2, 0) is 9.47 Å². The number of halogens is 2. The van der Waals surface area contributed by atoms with Crippen molar-refractivity contribution < 1.29 is 23.0 Å². The molecule has 0 spiro atoms. The lowest BCUT2D eigenvalue weighted by atomic mass is 10.2. The van der Waals surface area contributed by atoms with Gasteiger partial charge in [-0.1, -0.05) is 0 Å². The first-order chi connectivity index (χ1) is 10.5. The summed E-state index contributed by atoms with van der Waals surface area (Å²) in [6.45, 7) is -0.365. The molecule has 2 aromatic heterocycles. The van der Waals surface area contributed by atoms with Crippen LogP contribution in [0.4, 0.5) is 14.6 Å². The summed E-state index contributed by atoms with van der Waals surface area (Å²) in [6.07, 6.45) is 0.403. The van der Waals surface area contributed by atoms with Crippen LogP contribution in [0.15, 0.2) is 12.4 Å². The Morgan fingerprint density at radius 1 is 1.59 bits per heavy atom. The number of esters is 1. The average molecular weight is 312 g/mol. The molecule has 1 unspecified atom stereocenters. The van der Waals surface area contributed by atoms with Crippen molar-refractivity contribution in [2.75, 3.05) is 25.6 Å². The lowest BCUT2D eigenvalue weighted by Gasteiger charge is -2.11. The topological polar surface area (TPSA) is 89.1 Å². The van der Waals surface area contributed by atoms with Gasteiger partial charge in [-0.2, -0.15) is 0 Å². The van der Waals surface area contributed by atoms with E-state index >= 15 is 0 Å². The molecular formula is C13H14F2N4O3. The van der Waals surface area contributed by atoms with Crippen molar-refractivity contribution in [3.63, 3.8) is 0 Å². The lowest BCUT2D eigenvalue weighted by Crippen LogP contribution is -2.21. The fourth-order valence-electron chi connectivity index (χ4n) is 2.33. The molecule has 1 aliphatic heterocycles. The quantitative estimate of drug-likeness (QED) is 0.833. The van der Waals surface area contributed by atoms with Crippen LogP contribution >= 0.6 is 0 Å². The first-order valence-electron chi connectivity index (χ1n) is 6.64. The van der Waals surface area contributed by atoms with E-state index in [0.717, 1.165) is 0 Å². The van der Waals surface area contributed by atoms with Gasteiger partial charge < -0.3 is 19.8 Å². The average Bonchev–Trinajstić information content (AvgIpc) is 3.07. The molecule has 22 heavy (non-hydrogen) atoms. The number of carbonyl (C=O) groups excluding carboxylic acids is 1. The maximum Gasteiger partial charge on any atom is 0.354 e. The van der Waals surface area contributed by atoms with Crippen molar-refractivity contribution in [3.05, 3.63) is 18.1 Å². The van der Waals surface area contributed by atoms with Gasteiger partial charge in [0.1, 0.15) is 30.1 Å². The van der Waals surface area contributed by atoms with Crippen molar-refractivity contribution in [3.8, 4) is 0 Å². The van der Waals surface area contributed by atoms with Gasteiger partial charge in [0.05, 0.1) is 18.6 Å². The summed E-state index contributed by atoms with van der Waals surface area (Å²) >= 11 is 0. The van der Waals surface area contributed by atoms with Crippen LogP contribution in [0.3, 0.4) is 0 Å². The van der Waals surface area contributed by atoms with Crippen LogP contribution in [0.2, 0.25) is 0 Å². The molecule has 0 bridgehead atoms. The lowest BCUT2D eigenvalue weighted by molar-refractivity contribution is -0.00962. The summed E-state index contributed by atoms with van der Waals surface area (Å²) < 4.78 is 35.8. The Morgan fingerprint density at radius 2 is 2.41 bits per heavy atom. The first kappa shape index (κ1) is 14.6. The molecule has 0 aromatic carbocycles. The van der Waals surface area contributed by atoms with Gasteiger partial charge in [0.2, 0.25) is 0 Å². The summed E-state index contributed by atoms with van der Waals surface area (Å²) in [4.78, 5) is 22.4. The number of nitrogens with one attached hydrogen (secondary N) is 2. The van der Waals surface area contributed by atoms with E-state index in [1.807, 2.05) is 0 Å². The molecule has 7 nitrogen and oxygen atoms in total. The fourth-order valence-corrected chi connectivity index (χ4v) is 2.33. The Kier molecular flexibility index (Phi) is 3.65. The highest BCUT2D eigenvalue weighted by atomic mass is 19.3. The minimum atomic E-state index is -2.78. The van der Waals surface area contributed by atoms with Crippen LogP contribution in [0.25, 0.3) is 11.0 Å². The molecule has 3 rings (SSSR count). The van der Waals surface area contributed by atoms with Gasteiger partial charge >= 0.3 is 5.97 Å². The third-order valence-corrected chi connectivity index (χ3v) is 3.38. The molecular weight excluding hydrogens is 298 g/mol. The van der Waals surface area contributed by atoms with E-state index in [1.165, 1.54) is 13.4 Å². The van der Waals surface area contributed by atoms with E-state index < -0.39 is 24.6 Å². The third-order valence-electron chi connectivity index (χ3n) is 3.38. The first-order valence-corrected chi connectivity index (χ1v) is 6.64. The van der Waals surface area contributed by atoms with Gasteiger partial charge in [-0.25, -0.2) is 23.5 Å². The number of aromatic nitrogens is 3. The van der Waals surface area contributed by atoms with Crippen LogP contribution in [-0.4, -0.2) is 53.2 Å². The zero-order valence-electron chi connectivity index (χ0n) is 11.7. The fraction of sp³-hybridized carbons (Fsp3) is 0.462. The van der Waals surface area contributed by atoms with E-state index in [4.69, 9.17) is 4.74 Å². The van der Waals surface area contributed by atoms with Crippen LogP contribution in [0.1, 0.15) is 16.9 Å². The highest BCUT2D eigenvalue weighted by molar-refractivity contribution is 5.97. The maximum absolute atomic E-state index is 13.1. The van der Waals surface area contributed by atoms with Crippen molar-refractivity contribution in [2.24, 2.45) is 0 Å². The van der Waals surface area contributed by atoms with Gasteiger partial charge in [-0.3, -0.25) is 0 Å². The summed E-state index contributed by atoms with van der Waals surface area (Å²) in [7, 11) is 1.27. The summed E-state index contributed by atoms with van der Waals surface area (Å²) in [5.41, 5.74) is 0.695. The van der Waals surface area contributed by atoms with Crippen molar-refractivity contribution in [2.45, 2.75) is 18.4 Å². The molecule has 1 atom stereocenters. The molecule has 0 saturated carbocycles. The van der Waals surface area contributed by atoms with Crippen molar-refractivity contribution in [1.82, 2.24) is 15.0 Å². The number of H-pyrrole nitrogens is 1. The Labute approximate surface area is 124 Å². The highest BCUT2D eigenvalue weighted by Gasteiger charge is 2.40. The molecule has 2 aromatic rings. The van der Waals surface area contributed by atoms with Crippen molar-refractivity contribution in [1.29, 1.82) is 0 Å². The Hall–Kier alpha value is -2.29. The maximum atomic E-state index is 13.1. The summed E-state index contributed by atoms with van der Waals surface area (Å²) in [6, 6.07) is 1.55. The second-order valence-electron chi connectivity index (χ2n) is 5.03. The highest BCUT2D eigenvalue weighted by Crippen LogP contribution is 2.29. The van der Waals surface area contributed by atoms with Crippen LogP contribution < -0.4 is 5.32 Å². The zero-order valence-corrected chi connectivity index (χ0v) is 11.7. The molecule has 0 radical (unpaired) electrons. The molecule has 0 aliphatic carbocycles. The predicted octanol–water partition coefficient (Wildman–Crippen LogP) is 1.58. The van der Waals surface area contributed by atoms with E-state index in [1.54, 1.807) is 6.07 Å². The number of methoxy groups -OCH3 is 1. The smallest absolute Gasteiger partial charge is 0.354 e. The number of anilines is 1. The Morgan fingerprint density at radius 3 is 3.09 bits per heavy atom. The normalized spacial score (nSPS) is 20.2. The number of ether oxygens (including phenoxy) is 2. The second kappa shape index (κ2) is 5.48. The second-order valence-corrected chi connectivity index (χ2v) is 5.03. The molecule has 0 amide bonds. The number of rotatable bonds is 4. The van der Waals surface area contributed by atoms with Gasteiger partial charge in [-0.05, 0) is 6.07 Å². The number of fused-ring (bicyclic) bond motifs is 1. The number of nitrogens with zero attached hydrogens (tertiary/aromatic N) is 2. The van der Waals surface area contributed by atoms with E-state index in [0.29, 0.717) is 16.9 Å². The monoisotopic (exact) mass is 312 g/mol. The molecule has 3 heterocycles. The SMILES string of the molecule is COC(=O)c1cc2c(NCC3CC(F)(F)CO3)ncnc2[nH]1.